The van der Waals surface area contributed by atoms with Crippen LogP contribution in [0.3, 0.4) is 0 Å². The SMILES string of the molecule is C[n+]1nn(C23CC4CC(CC(C4)C2)C3)c(=N)[n-]1. The molecule has 1 heterocycles. The quantitative estimate of drug-likeness (QED) is 0.698. The van der Waals surface area contributed by atoms with Crippen LogP contribution in [0.25, 0.3) is 0 Å². The molecular weight excluding hydrogens is 214 g/mol. The zero-order chi connectivity index (χ0) is 11.6. The summed E-state index contributed by atoms with van der Waals surface area (Å²) in [5.74, 6) is 2.65. The van der Waals surface area contributed by atoms with Crippen LogP contribution >= 0.6 is 0 Å². The van der Waals surface area contributed by atoms with Crippen LogP contribution in [0.5, 0.6) is 0 Å². The summed E-state index contributed by atoms with van der Waals surface area (Å²) in [5.41, 5.74) is 0.481. The van der Waals surface area contributed by atoms with Crippen molar-refractivity contribution in [2.75, 3.05) is 0 Å². The van der Waals surface area contributed by atoms with Gasteiger partial charge in [0.15, 0.2) is 0 Å². The first-order chi connectivity index (χ1) is 8.14. The average Bonchev–Trinajstić information content (AvgIpc) is 2.56. The largest absolute Gasteiger partial charge is 0.371 e. The van der Waals surface area contributed by atoms with E-state index >= 15 is 0 Å². The summed E-state index contributed by atoms with van der Waals surface area (Å²) < 4.78 is 1.93. The summed E-state index contributed by atoms with van der Waals surface area (Å²) in [5, 5.41) is 16.5. The van der Waals surface area contributed by atoms with E-state index in [0.29, 0.717) is 5.62 Å². The van der Waals surface area contributed by atoms with E-state index in [2.05, 4.69) is 10.3 Å². The number of rotatable bonds is 1. The van der Waals surface area contributed by atoms with E-state index in [1.54, 1.807) is 4.80 Å². The third-order valence-corrected chi connectivity index (χ3v) is 5.11. The molecule has 0 radical (unpaired) electrons. The number of tetrazole rings is 1. The van der Waals surface area contributed by atoms with E-state index in [1.807, 2.05) is 11.7 Å². The standard InChI is InChI=1S/C12H19N5/c1-16-14-11(13)17(15-16)12-5-8-2-9(6-12)4-10(3-8)7-12/h8-10,13H,2-7H2,1H3. The fraction of sp³-hybridized carbons (Fsp3) is 0.917. The van der Waals surface area contributed by atoms with Gasteiger partial charge in [0.1, 0.15) is 12.7 Å². The molecule has 1 aromatic heterocycles. The minimum Gasteiger partial charge on any atom is -0.371 e. The van der Waals surface area contributed by atoms with Gasteiger partial charge in [-0.2, -0.15) is 9.90 Å². The first-order valence-electron chi connectivity index (χ1n) is 6.70. The van der Waals surface area contributed by atoms with Crippen molar-refractivity contribution in [3.05, 3.63) is 5.62 Å². The first kappa shape index (κ1) is 9.85. The van der Waals surface area contributed by atoms with Crippen LogP contribution in [-0.2, 0) is 12.6 Å². The first-order valence-corrected chi connectivity index (χ1v) is 6.70. The van der Waals surface area contributed by atoms with E-state index in [1.165, 1.54) is 38.5 Å². The van der Waals surface area contributed by atoms with Crippen molar-refractivity contribution in [1.29, 1.82) is 5.41 Å². The van der Waals surface area contributed by atoms with Crippen molar-refractivity contribution in [1.82, 2.24) is 15.0 Å². The minimum atomic E-state index is 0.139. The van der Waals surface area contributed by atoms with Gasteiger partial charge in [-0.15, -0.1) is 5.21 Å². The molecule has 1 N–H and O–H groups in total. The van der Waals surface area contributed by atoms with Gasteiger partial charge in [0.25, 0.3) is 0 Å². The third-order valence-electron chi connectivity index (χ3n) is 5.11. The summed E-state index contributed by atoms with van der Waals surface area (Å²) in [4.78, 5) is 1.54. The summed E-state index contributed by atoms with van der Waals surface area (Å²) in [7, 11) is 1.81. The molecule has 0 atom stereocenters. The molecule has 0 aromatic carbocycles. The van der Waals surface area contributed by atoms with Crippen LogP contribution in [0.4, 0.5) is 0 Å². The number of hydrogen-bond acceptors (Lipinski definition) is 2. The van der Waals surface area contributed by atoms with Crippen LogP contribution < -0.4 is 15.5 Å². The number of aromatic nitrogens is 4. The van der Waals surface area contributed by atoms with Gasteiger partial charge in [-0.05, 0) is 56.3 Å². The molecule has 5 heteroatoms. The monoisotopic (exact) mass is 233 g/mol. The molecule has 0 unspecified atom stereocenters. The molecule has 0 saturated heterocycles. The second-order valence-electron chi connectivity index (χ2n) is 6.46. The van der Waals surface area contributed by atoms with Gasteiger partial charge in [0, 0.05) is 5.54 Å². The molecule has 92 valence electrons. The molecule has 4 saturated carbocycles. The Morgan fingerprint density at radius 1 is 1.24 bits per heavy atom. The summed E-state index contributed by atoms with van der Waals surface area (Å²) >= 11 is 0. The van der Waals surface area contributed by atoms with Gasteiger partial charge in [-0.3, -0.25) is 0 Å². The Balaban J connectivity index is 1.82. The van der Waals surface area contributed by atoms with Crippen molar-refractivity contribution >= 4 is 0 Å². The number of nitrogens with zero attached hydrogens (tertiary/aromatic N) is 4. The van der Waals surface area contributed by atoms with Gasteiger partial charge < -0.3 is 10.1 Å². The van der Waals surface area contributed by atoms with E-state index in [9.17, 15) is 0 Å². The maximum absolute atomic E-state index is 8.00. The summed E-state index contributed by atoms with van der Waals surface area (Å²) in [6.45, 7) is 0. The second-order valence-corrected chi connectivity index (χ2v) is 6.46. The lowest BCUT2D eigenvalue weighted by atomic mass is 9.53. The van der Waals surface area contributed by atoms with Gasteiger partial charge in [-0.1, -0.05) is 0 Å². The predicted molar refractivity (Wildman–Crippen MR) is 58.7 cm³/mol. The van der Waals surface area contributed by atoms with Gasteiger partial charge in [-0.25, -0.2) is 0 Å². The third kappa shape index (κ3) is 1.28. The molecule has 4 bridgehead atoms. The Morgan fingerprint density at radius 3 is 2.18 bits per heavy atom. The maximum Gasteiger partial charge on any atom is 0.117 e. The summed E-state index contributed by atoms with van der Waals surface area (Å²) in [6.07, 6.45) is 7.96. The highest BCUT2D eigenvalue weighted by Crippen LogP contribution is 2.58. The fourth-order valence-electron chi connectivity index (χ4n) is 5.02. The topological polar surface area (TPSA) is 59.6 Å². The second kappa shape index (κ2) is 3.00. The smallest absolute Gasteiger partial charge is 0.117 e. The van der Waals surface area contributed by atoms with Crippen LogP contribution in [-0.4, -0.2) is 9.90 Å². The number of nitrogens with one attached hydrogen (secondary N) is 1. The predicted octanol–water partition coefficient (Wildman–Crippen LogP) is 0.0696. The van der Waals surface area contributed by atoms with Crippen molar-refractivity contribution in [3.8, 4) is 0 Å². The van der Waals surface area contributed by atoms with Gasteiger partial charge in [0.2, 0.25) is 0 Å². The van der Waals surface area contributed by atoms with Crippen LogP contribution in [0.2, 0.25) is 0 Å². The van der Waals surface area contributed by atoms with Crippen molar-refractivity contribution in [2.45, 2.75) is 44.1 Å². The van der Waals surface area contributed by atoms with E-state index < -0.39 is 0 Å². The zero-order valence-electron chi connectivity index (χ0n) is 10.3. The maximum atomic E-state index is 8.00. The van der Waals surface area contributed by atoms with Gasteiger partial charge in [0.05, 0.1) is 0 Å². The molecule has 0 aliphatic heterocycles. The lowest BCUT2D eigenvalue weighted by Gasteiger charge is -2.58. The molecule has 1 aromatic rings. The van der Waals surface area contributed by atoms with Crippen molar-refractivity contribution < 1.29 is 4.80 Å². The van der Waals surface area contributed by atoms with E-state index in [0.717, 1.165) is 17.8 Å². The number of hydrogen-bond donors (Lipinski definition) is 1. The Bertz CT molecular complexity index is 476. The minimum absolute atomic E-state index is 0.139. The summed E-state index contributed by atoms with van der Waals surface area (Å²) in [6, 6.07) is 0. The Labute approximate surface area is 100 Å². The van der Waals surface area contributed by atoms with Crippen LogP contribution in [0, 0.1) is 23.2 Å². The van der Waals surface area contributed by atoms with Crippen molar-refractivity contribution in [2.24, 2.45) is 24.8 Å². The molecule has 0 spiro atoms. The van der Waals surface area contributed by atoms with Gasteiger partial charge >= 0.3 is 0 Å². The Hall–Kier alpha value is -1.13. The van der Waals surface area contributed by atoms with E-state index in [4.69, 9.17) is 5.41 Å². The average molecular weight is 233 g/mol. The number of aryl methyl sites for hydroxylation is 1. The molecule has 4 aliphatic rings. The van der Waals surface area contributed by atoms with E-state index in [-0.39, 0.29) is 5.54 Å². The molecule has 5 rings (SSSR count). The van der Waals surface area contributed by atoms with Crippen LogP contribution in [0.1, 0.15) is 38.5 Å². The lowest BCUT2D eigenvalue weighted by Crippen LogP contribution is -2.55. The molecule has 17 heavy (non-hydrogen) atoms. The fourth-order valence-corrected chi connectivity index (χ4v) is 5.02. The molecule has 5 nitrogen and oxygen atoms in total. The van der Waals surface area contributed by atoms with Crippen molar-refractivity contribution in [3.63, 3.8) is 0 Å². The molecule has 4 fully saturated rings. The Morgan fingerprint density at radius 2 is 1.76 bits per heavy atom. The Kier molecular flexibility index (Phi) is 1.74. The molecule has 4 aliphatic carbocycles. The molecule has 0 amide bonds. The molecular formula is C12H19N5. The van der Waals surface area contributed by atoms with Crippen LogP contribution in [0.15, 0.2) is 0 Å². The highest BCUT2D eigenvalue weighted by atomic mass is 15.6. The highest BCUT2D eigenvalue weighted by Gasteiger charge is 2.51. The zero-order valence-corrected chi connectivity index (χ0v) is 10.3. The lowest BCUT2D eigenvalue weighted by molar-refractivity contribution is -0.791. The highest BCUT2D eigenvalue weighted by molar-refractivity contribution is 5.03. The normalized spacial score (nSPS) is 43.2.